The highest BCUT2D eigenvalue weighted by Gasteiger charge is 2.13. The summed E-state index contributed by atoms with van der Waals surface area (Å²) >= 11 is 0. The number of H-pyrrole nitrogens is 1. The van der Waals surface area contributed by atoms with Gasteiger partial charge >= 0.3 is 0 Å². The molecule has 0 saturated heterocycles. The van der Waals surface area contributed by atoms with Gasteiger partial charge in [0.2, 0.25) is 5.95 Å². The zero-order chi connectivity index (χ0) is 18.1. The summed E-state index contributed by atoms with van der Waals surface area (Å²) in [6.45, 7) is 5.23. The van der Waals surface area contributed by atoms with Crippen LogP contribution in [0.5, 0.6) is 0 Å². The van der Waals surface area contributed by atoms with Crippen molar-refractivity contribution in [2.75, 3.05) is 5.32 Å². The number of rotatable bonds is 3. The second-order valence-corrected chi connectivity index (χ2v) is 5.61. The minimum absolute atomic E-state index is 0.0320. The van der Waals surface area contributed by atoms with E-state index in [2.05, 4.69) is 20.4 Å². The Kier molecular flexibility index (Phi) is 4.07. The van der Waals surface area contributed by atoms with Crippen LogP contribution >= 0.6 is 0 Å². The van der Waals surface area contributed by atoms with E-state index >= 15 is 0 Å². The molecule has 7 nitrogen and oxygen atoms in total. The fraction of sp³-hybridized carbons (Fsp3) is 0.176. The van der Waals surface area contributed by atoms with Gasteiger partial charge in [0.15, 0.2) is 0 Å². The van der Waals surface area contributed by atoms with Crippen LogP contribution in [0.3, 0.4) is 0 Å². The number of aryl methyl sites for hydroxylation is 2. The van der Waals surface area contributed by atoms with Gasteiger partial charge in [0.25, 0.3) is 5.56 Å². The summed E-state index contributed by atoms with van der Waals surface area (Å²) < 4.78 is 15.2. The first kappa shape index (κ1) is 16.4. The molecule has 3 aromatic rings. The van der Waals surface area contributed by atoms with Crippen molar-refractivity contribution >= 4 is 11.5 Å². The smallest absolute Gasteiger partial charge is 0.255 e. The van der Waals surface area contributed by atoms with E-state index in [4.69, 9.17) is 5.26 Å². The van der Waals surface area contributed by atoms with Gasteiger partial charge in [-0.15, -0.1) is 0 Å². The number of nitriles is 1. The molecule has 1 aromatic carbocycles. The van der Waals surface area contributed by atoms with Crippen molar-refractivity contribution in [3.8, 4) is 12.0 Å². The molecule has 0 aliphatic rings. The van der Waals surface area contributed by atoms with Gasteiger partial charge in [-0.1, -0.05) is 0 Å². The van der Waals surface area contributed by atoms with Crippen molar-refractivity contribution in [1.82, 2.24) is 19.7 Å². The van der Waals surface area contributed by atoms with Gasteiger partial charge in [0.1, 0.15) is 17.7 Å². The van der Waals surface area contributed by atoms with Crippen molar-refractivity contribution in [2.45, 2.75) is 20.8 Å². The number of nitrogens with zero attached hydrogens (tertiary/aromatic N) is 4. The largest absolute Gasteiger partial charge is 0.340 e. The molecule has 25 heavy (non-hydrogen) atoms. The number of halogens is 1. The highest BCUT2D eigenvalue weighted by molar-refractivity contribution is 5.59. The van der Waals surface area contributed by atoms with Crippen LogP contribution in [0.15, 0.2) is 29.1 Å². The van der Waals surface area contributed by atoms with Crippen LogP contribution in [0.4, 0.5) is 15.9 Å². The van der Waals surface area contributed by atoms with Crippen LogP contribution < -0.4 is 10.9 Å². The summed E-state index contributed by atoms with van der Waals surface area (Å²) in [5, 5.41) is 16.2. The number of hydrogen-bond donors (Lipinski definition) is 2. The molecular formula is C17H15FN6O. The number of anilines is 2. The Morgan fingerprint density at radius 3 is 2.68 bits per heavy atom. The lowest BCUT2D eigenvalue weighted by molar-refractivity contribution is 0.624. The van der Waals surface area contributed by atoms with E-state index < -0.39 is 5.82 Å². The number of aromatic amines is 1. The third-order valence-electron chi connectivity index (χ3n) is 3.78. The molecule has 0 bridgehead atoms. The number of aromatic nitrogens is 4. The molecule has 0 aliphatic carbocycles. The third-order valence-corrected chi connectivity index (χ3v) is 3.78. The predicted octanol–water partition coefficient (Wildman–Crippen LogP) is 2.64. The minimum Gasteiger partial charge on any atom is -0.340 e. The standard InChI is InChI=1S/C17H15FN6O/c1-9-6-15(21-13-5-4-12(8-19)14(18)7-13)24(23-9)17-20-11(3)10(2)16(25)22-17/h4-7,21H,1-3H3,(H,20,22,25). The van der Waals surface area contributed by atoms with Crippen molar-refractivity contribution in [3.63, 3.8) is 0 Å². The normalized spacial score (nSPS) is 10.5. The van der Waals surface area contributed by atoms with E-state index in [0.717, 1.165) is 0 Å². The summed E-state index contributed by atoms with van der Waals surface area (Å²) in [4.78, 5) is 19.0. The Bertz CT molecular complexity index is 1060. The van der Waals surface area contributed by atoms with E-state index in [9.17, 15) is 9.18 Å². The molecule has 126 valence electrons. The molecule has 0 fully saturated rings. The molecule has 2 aromatic heterocycles. The predicted molar refractivity (Wildman–Crippen MR) is 90.6 cm³/mol. The lowest BCUT2D eigenvalue weighted by Crippen LogP contribution is -2.18. The maximum absolute atomic E-state index is 13.8. The maximum Gasteiger partial charge on any atom is 0.255 e. The summed E-state index contributed by atoms with van der Waals surface area (Å²) in [6.07, 6.45) is 0. The Balaban J connectivity index is 2.04. The van der Waals surface area contributed by atoms with E-state index in [1.165, 1.54) is 16.8 Å². The first-order valence-electron chi connectivity index (χ1n) is 7.50. The van der Waals surface area contributed by atoms with Crippen molar-refractivity contribution in [1.29, 1.82) is 5.26 Å². The number of hydrogen-bond acceptors (Lipinski definition) is 5. The van der Waals surface area contributed by atoms with Gasteiger partial charge in [0, 0.05) is 23.0 Å². The molecule has 0 spiro atoms. The highest BCUT2D eigenvalue weighted by atomic mass is 19.1. The quantitative estimate of drug-likeness (QED) is 0.765. The molecule has 0 aliphatic heterocycles. The monoisotopic (exact) mass is 338 g/mol. The summed E-state index contributed by atoms with van der Waals surface area (Å²) in [5.41, 5.74) is 2.00. The van der Waals surface area contributed by atoms with E-state index in [1.54, 1.807) is 39.0 Å². The lowest BCUT2D eigenvalue weighted by atomic mass is 10.2. The van der Waals surface area contributed by atoms with Gasteiger partial charge in [-0.05, 0) is 39.0 Å². The van der Waals surface area contributed by atoms with Gasteiger partial charge in [-0.2, -0.15) is 15.0 Å². The van der Waals surface area contributed by atoms with E-state index in [0.29, 0.717) is 28.5 Å². The Hall–Kier alpha value is -3.47. The van der Waals surface area contributed by atoms with Crippen LogP contribution in [0.1, 0.15) is 22.5 Å². The van der Waals surface area contributed by atoms with Crippen molar-refractivity contribution < 1.29 is 4.39 Å². The maximum atomic E-state index is 13.8. The van der Waals surface area contributed by atoms with Crippen molar-refractivity contribution in [3.05, 3.63) is 63.0 Å². The second kappa shape index (κ2) is 6.20. The first-order chi connectivity index (χ1) is 11.9. The highest BCUT2D eigenvalue weighted by Crippen LogP contribution is 2.21. The average molecular weight is 338 g/mol. The van der Waals surface area contributed by atoms with Gasteiger partial charge in [0.05, 0.1) is 11.3 Å². The molecule has 0 unspecified atom stereocenters. The lowest BCUT2D eigenvalue weighted by Gasteiger charge is -2.10. The molecule has 8 heteroatoms. The molecular weight excluding hydrogens is 323 g/mol. The molecule has 0 amide bonds. The molecule has 0 saturated carbocycles. The Morgan fingerprint density at radius 1 is 1.28 bits per heavy atom. The third kappa shape index (κ3) is 3.12. The number of nitrogens with one attached hydrogen (secondary N) is 2. The zero-order valence-corrected chi connectivity index (χ0v) is 13.9. The van der Waals surface area contributed by atoms with Crippen molar-refractivity contribution in [2.24, 2.45) is 0 Å². The SMILES string of the molecule is Cc1cc(Nc2ccc(C#N)c(F)c2)n(-c2nc(C)c(C)c(=O)[nH]2)n1. The zero-order valence-electron chi connectivity index (χ0n) is 13.9. The van der Waals surface area contributed by atoms with Crippen LogP contribution in [0.2, 0.25) is 0 Å². The summed E-state index contributed by atoms with van der Waals surface area (Å²) in [7, 11) is 0. The minimum atomic E-state index is -0.618. The van der Waals surface area contributed by atoms with Crippen LogP contribution in [-0.2, 0) is 0 Å². The fourth-order valence-corrected chi connectivity index (χ4v) is 2.31. The van der Waals surface area contributed by atoms with E-state index in [-0.39, 0.29) is 17.1 Å². The second-order valence-electron chi connectivity index (χ2n) is 5.61. The number of benzene rings is 1. The van der Waals surface area contributed by atoms with Crippen LogP contribution in [-0.4, -0.2) is 19.7 Å². The van der Waals surface area contributed by atoms with Crippen LogP contribution in [0, 0.1) is 37.9 Å². The van der Waals surface area contributed by atoms with Crippen LogP contribution in [0.25, 0.3) is 5.95 Å². The average Bonchev–Trinajstić information content (AvgIpc) is 2.93. The van der Waals surface area contributed by atoms with Gasteiger partial charge in [-0.25, -0.2) is 9.37 Å². The molecule has 0 radical (unpaired) electrons. The van der Waals surface area contributed by atoms with E-state index in [1.807, 2.05) is 0 Å². The fourth-order valence-electron chi connectivity index (χ4n) is 2.31. The molecule has 0 atom stereocenters. The first-order valence-corrected chi connectivity index (χ1v) is 7.50. The van der Waals surface area contributed by atoms with Gasteiger partial charge < -0.3 is 5.32 Å². The van der Waals surface area contributed by atoms with Gasteiger partial charge in [-0.3, -0.25) is 9.78 Å². The molecule has 2 N–H and O–H groups in total. The Morgan fingerprint density at radius 2 is 2.04 bits per heavy atom. The molecule has 2 heterocycles. The molecule has 3 rings (SSSR count). The topological polar surface area (TPSA) is 99.4 Å². The summed E-state index contributed by atoms with van der Waals surface area (Å²) in [6, 6.07) is 7.72. The Labute approximate surface area is 142 Å². The summed E-state index contributed by atoms with van der Waals surface area (Å²) in [5.74, 6) is 0.152.